The summed E-state index contributed by atoms with van der Waals surface area (Å²) in [4.78, 5) is 20.2. The van der Waals surface area contributed by atoms with Crippen molar-refractivity contribution in [3.63, 3.8) is 0 Å². The highest BCUT2D eigenvalue weighted by molar-refractivity contribution is 6.00. The smallest absolute Gasteiger partial charge is 0.340 e. The number of carbonyl (C=O) groups is 2. The van der Waals surface area contributed by atoms with Crippen LogP contribution in [0.1, 0.15) is 13.3 Å². The van der Waals surface area contributed by atoms with E-state index in [2.05, 4.69) is 0 Å². The molecule has 0 aliphatic carbocycles. The molecule has 9 heavy (non-hydrogen) atoms. The molecule has 0 amide bonds. The van der Waals surface area contributed by atoms with Crippen LogP contribution in [0.2, 0.25) is 0 Å². The number of carboxylic acid groups (broad SMARTS) is 1. The van der Waals surface area contributed by atoms with Gasteiger partial charge in [0.2, 0.25) is 6.10 Å². The molecule has 0 aliphatic rings. The molecule has 0 aromatic heterocycles. The van der Waals surface area contributed by atoms with Crippen molar-refractivity contribution in [3.05, 3.63) is 0 Å². The first-order valence-corrected chi connectivity index (χ1v) is 2.53. The first-order valence-electron chi connectivity index (χ1n) is 2.53. The molecule has 0 bridgehead atoms. The molecule has 0 aliphatic heterocycles. The summed E-state index contributed by atoms with van der Waals surface area (Å²) in [5, 5.41) is 16.5. The van der Waals surface area contributed by atoms with Crippen molar-refractivity contribution < 1.29 is 19.8 Å². The minimum absolute atomic E-state index is 0.0491. The number of ketones is 1. The Hall–Kier alpha value is -0.900. The number of aliphatic carboxylic acids is 1. The molecule has 4 nitrogen and oxygen atoms in total. The second kappa shape index (κ2) is 3.19. The fourth-order valence-corrected chi connectivity index (χ4v) is 0.331. The second-order valence-electron chi connectivity index (χ2n) is 1.56. The van der Waals surface area contributed by atoms with Crippen molar-refractivity contribution in [1.82, 2.24) is 0 Å². The molecule has 0 saturated carbocycles. The normalized spacial score (nSPS) is 12.7. The van der Waals surface area contributed by atoms with Crippen LogP contribution in [0.25, 0.3) is 0 Å². The number of hydrogen-bond donors (Lipinski definition) is 2. The van der Waals surface area contributed by atoms with Crippen LogP contribution in [-0.4, -0.2) is 28.1 Å². The van der Waals surface area contributed by atoms with Crippen LogP contribution in [0, 0.1) is 0 Å². The third-order valence-corrected chi connectivity index (χ3v) is 0.887. The number of Topliss-reactive ketones (excluding diaryl/α,β-unsaturated/α-hetero) is 1. The van der Waals surface area contributed by atoms with Crippen LogP contribution >= 0.6 is 0 Å². The van der Waals surface area contributed by atoms with Gasteiger partial charge in [0.25, 0.3) is 0 Å². The molecule has 0 saturated heterocycles. The zero-order chi connectivity index (χ0) is 7.44. The average Bonchev–Trinajstić information content (AvgIpc) is 1.84. The van der Waals surface area contributed by atoms with Crippen LogP contribution < -0.4 is 0 Å². The maximum atomic E-state index is 10.3. The molecule has 1 atom stereocenters. The Labute approximate surface area is 52.1 Å². The second-order valence-corrected chi connectivity index (χ2v) is 1.56. The summed E-state index contributed by atoms with van der Waals surface area (Å²) in [6.07, 6.45) is -1.79. The summed E-state index contributed by atoms with van der Waals surface area (Å²) < 4.78 is 0. The molecule has 0 fully saturated rings. The van der Waals surface area contributed by atoms with E-state index in [0.717, 1.165) is 0 Å². The SMILES string of the molecule is CCC(=O)C(O)C(=O)O. The highest BCUT2D eigenvalue weighted by atomic mass is 16.4. The Morgan fingerprint density at radius 1 is 1.56 bits per heavy atom. The molecule has 0 radical (unpaired) electrons. The molecular formula is C5H8O4. The predicted octanol–water partition coefficient (Wildman–Crippen LogP) is -0.589. The Balaban J connectivity index is 3.88. The molecule has 0 aromatic carbocycles. The lowest BCUT2D eigenvalue weighted by Gasteiger charge is -1.98. The Morgan fingerprint density at radius 2 is 2.00 bits per heavy atom. The summed E-state index contributed by atoms with van der Waals surface area (Å²) in [6, 6.07) is 0. The highest BCUT2D eigenvalue weighted by Crippen LogP contribution is 1.89. The van der Waals surface area contributed by atoms with E-state index in [0.29, 0.717) is 0 Å². The molecule has 0 heterocycles. The molecule has 52 valence electrons. The monoisotopic (exact) mass is 132 g/mol. The quantitative estimate of drug-likeness (QED) is 0.503. The van der Waals surface area contributed by atoms with Crippen molar-refractivity contribution >= 4 is 11.8 Å². The first-order chi connectivity index (χ1) is 4.09. The molecule has 0 aromatic rings. The van der Waals surface area contributed by atoms with E-state index in [1.54, 1.807) is 0 Å². The Bertz CT molecular complexity index is 129. The lowest BCUT2D eigenvalue weighted by atomic mass is 10.2. The zero-order valence-electron chi connectivity index (χ0n) is 5.00. The number of hydrogen-bond acceptors (Lipinski definition) is 3. The van der Waals surface area contributed by atoms with E-state index >= 15 is 0 Å². The van der Waals surface area contributed by atoms with Crippen molar-refractivity contribution in [3.8, 4) is 0 Å². The minimum atomic E-state index is -1.84. The third kappa shape index (κ3) is 2.23. The minimum Gasteiger partial charge on any atom is -0.479 e. The van der Waals surface area contributed by atoms with Gasteiger partial charge in [0.15, 0.2) is 5.78 Å². The maximum Gasteiger partial charge on any atom is 0.340 e. The third-order valence-electron chi connectivity index (χ3n) is 0.887. The summed E-state index contributed by atoms with van der Waals surface area (Å²) in [6.45, 7) is 1.49. The van der Waals surface area contributed by atoms with Gasteiger partial charge in [0.05, 0.1) is 0 Å². The maximum absolute atomic E-state index is 10.3. The van der Waals surface area contributed by atoms with E-state index in [9.17, 15) is 9.59 Å². The lowest BCUT2D eigenvalue weighted by molar-refractivity contribution is -0.151. The number of aliphatic hydroxyl groups is 1. The lowest BCUT2D eigenvalue weighted by Crippen LogP contribution is -2.28. The van der Waals surface area contributed by atoms with Crippen LogP contribution in [-0.2, 0) is 9.59 Å². The fourth-order valence-electron chi connectivity index (χ4n) is 0.331. The number of carboxylic acids is 1. The Morgan fingerprint density at radius 3 is 2.11 bits per heavy atom. The largest absolute Gasteiger partial charge is 0.479 e. The van der Waals surface area contributed by atoms with Gasteiger partial charge in [-0.05, 0) is 0 Å². The van der Waals surface area contributed by atoms with Gasteiger partial charge in [-0.2, -0.15) is 0 Å². The topological polar surface area (TPSA) is 74.6 Å². The predicted molar refractivity (Wildman–Crippen MR) is 28.9 cm³/mol. The standard InChI is InChI=1S/C5H8O4/c1-2-3(6)4(7)5(8)9/h4,7H,2H2,1H3,(H,8,9). The first kappa shape index (κ1) is 8.10. The summed E-state index contributed by atoms with van der Waals surface area (Å²) in [5.74, 6) is -2.15. The van der Waals surface area contributed by atoms with E-state index in [4.69, 9.17) is 10.2 Å². The molecule has 0 rings (SSSR count). The molecule has 2 N–H and O–H groups in total. The molecule has 1 unspecified atom stereocenters. The van der Waals surface area contributed by atoms with Gasteiger partial charge in [-0.15, -0.1) is 0 Å². The van der Waals surface area contributed by atoms with Crippen molar-refractivity contribution in [2.45, 2.75) is 19.4 Å². The summed E-state index contributed by atoms with van der Waals surface area (Å²) >= 11 is 0. The van der Waals surface area contributed by atoms with Crippen molar-refractivity contribution in [2.24, 2.45) is 0 Å². The number of aliphatic hydroxyl groups excluding tert-OH is 1. The fraction of sp³-hybridized carbons (Fsp3) is 0.600. The van der Waals surface area contributed by atoms with Crippen LogP contribution in [0.4, 0.5) is 0 Å². The van der Waals surface area contributed by atoms with Gasteiger partial charge < -0.3 is 10.2 Å². The van der Waals surface area contributed by atoms with Crippen LogP contribution in [0.5, 0.6) is 0 Å². The van der Waals surface area contributed by atoms with Gasteiger partial charge >= 0.3 is 5.97 Å². The number of carbonyl (C=O) groups excluding carboxylic acids is 1. The van der Waals surface area contributed by atoms with E-state index < -0.39 is 17.9 Å². The van der Waals surface area contributed by atoms with Crippen LogP contribution in [0.3, 0.4) is 0 Å². The molecular weight excluding hydrogens is 124 g/mol. The average molecular weight is 132 g/mol. The molecule has 0 spiro atoms. The molecule has 4 heteroatoms. The van der Waals surface area contributed by atoms with Crippen molar-refractivity contribution in [2.75, 3.05) is 0 Å². The van der Waals surface area contributed by atoms with Gasteiger partial charge in [0.1, 0.15) is 0 Å². The van der Waals surface area contributed by atoms with E-state index in [1.807, 2.05) is 0 Å². The van der Waals surface area contributed by atoms with E-state index in [-0.39, 0.29) is 6.42 Å². The Kier molecular flexibility index (Phi) is 2.87. The van der Waals surface area contributed by atoms with E-state index in [1.165, 1.54) is 6.92 Å². The summed E-state index contributed by atoms with van der Waals surface area (Å²) in [5.41, 5.74) is 0. The van der Waals surface area contributed by atoms with Gasteiger partial charge in [0, 0.05) is 6.42 Å². The number of rotatable bonds is 3. The van der Waals surface area contributed by atoms with Crippen molar-refractivity contribution in [1.29, 1.82) is 0 Å². The van der Waals surface area contributed by atoms with Gasteiger partial charge in [-0.3, -0.25) is 4.79 Å². The highest BCUT2D eigenvalue weighted by Gasteiger charge is 2.19. The van der Waals surface area contributed by atoms with Gasteiger partial charge in [-0.1, -0.05) is 6.92 Å². The zero-order valence-corrected chi connectivity index (χ0v) is 5.00. The van der Waals surface area contributed by atoms with Gasteiger partial charge in [-0.25, -0.2) is 4.79 Å². The van der Waals surface area contributed by atoms with Crippen LogP contribution in [0.15, 0.2) is 0 Å². The summed E-state index contributed by atoms with van der Waals surface area (Å²) in [7, 11) is 0.